The van der Waals surface area contributed by atoms with E-state index in [-0.39, 0.29) is 23.7 Å². The van der Waals surface area contributed by atoms with Crippen LogP contribution in [0.2, 0.25) is 0 Å². The van der Waals surface area contributed by atoms with E-state index in [0.29, 0.717) is 5.75 Å². The number of amides is 1. The van der Waals surface area contributed by atoms with Crippen LogP contribution in [0.4, 0.5) is 5.69 Å². The van der Waals surface area contributed by atoms with Gasteiger partial charge in [-0.1, -0.05) is 6.07 Å². The molecule has 0 spiro atoms. The summed E-state index contributed by atoms with van der Waals surface area (Å²) in [7, 11) is 1.20. The molecule has 9 nitrogen and oxygen atoms in total. The number of rotatable bonds is 7. The summed E-state index contributed by atoms with van der Waals surface area (Å²) in [5.41, 5.74) is 3.98. The van der Waals surface area contributed by atoms with Crippen LogP contribution in [0.25, 0.3) is 0 Å². The Kier molecular flexibility index (Phi) is 6.32. The Hall–Kier alpha value is -3.62. The van der Waals surface area contributed by atoms with Crippen LogP contribution >= 0.6 is 0 Å². The predicted molar refractivity (Wildman–Crippen MR) is 98.5 cm³/mol. The van der Waals surface area contributed by atoms with E-state index in [1.807, 2.05) is 26.0 Å². The van der Waals surface area contributed by atoms with Crippen molar-refractivity contribution in [3.8, 4) is 17.2 Å². The summed E-state index contributed by atoms with van der Waals surface area (Å²) in [6, 6.07) is 7.98. The van der Waals surface area contributed by atoms with E-state index in [9.17, 15) is 20.0 Å². The van der Waals surface area contributed by atoms with E-state index < -0.39 is 16.5 Å². The standard InChI is InChI=1S/C18H19N3O6/c1-11-4-6-14(8-12(11)2)27-10-16(23)20-19-9-13-5-7-15(22)18(26-3)17(13)21(24)25/h4-9,22H,10H2,1-3H3,(H,20,23)/b19-9+. The van der Waals surface area contributed by atoms with E-state index in [1.165, 1.54) is 19.2 Å². The highest BCUT2D eigenvalue weighted by molar-refractivity contribution is 5.89. The molecule has 0 saturated carbocycles. The Labute approximate surface area is 155 Å². The Bertz CT molecular complexity index is 895. The quantitative estimate of drug-likeness (QED) is 0.436. The predicted octanol–water partition coefficient (Wildman–Crippen LogP) is 2.45. The Balaban J connectivity index is 2.01. The number of carbonyl (C=O) groups is 1. The highest BCUT2D eigenvalue weighted by Gasteiger charge is 2.23. The Morgan fingerprint density at radius 1 is 1.30 bits per heavy atom. The molecule has 2 rings (SSSR count). The first kappa shape index (κ1) is 19.7. The van der Waals surface area contributed by atoms with Gasteiger partial charge in [0.05, 0.1) is 23.8 Å². The summed E-state index contributed by atoms with van der Waals surface area (Å²) in [5.74, 6) is -0.630. The van der Waals surface area contributed by atoms with Crippen LogP contribution in [0.5, 0.6) is 17.2 Å². The lowest BCUT2D eigenvalue weighted by molar-refractivity contribution is -0.386. The van der Waals surface area contributed by atoms with E-state index in [0.717, 1.165) is 17.3 Å². The number of phenolic OH excluding ortho intramolecular Hbond substituents is 1. The zero-order valence-electron chi connectivity index (χ0n) is 15.1. The molecule has 0 heterocycles. The highest BCUT2D eigenvalue weighted by Crippen LogP contribution is 2.37. The molecular formula is C18H19N3O6. The summed E-state index contributed by atoms with van der Waals surface area (Å²) in [4.78, 5) is 22.3. The van der Waals surface area contributed by atoms with Gasteiger partial charge in [0.2, 0.25) is 5.75 Å². The normalized spacial score (nSPS) is 10.6. The van der Waals surface area contributed by atoms with Crippen LogP contribution in [0.1, 0.15) is 16.7 Å². The van der Waals surface area contributed by atoms with Crippen LogP contribution in [-0.2, 0) is 4.79 Å². The monoisotopic (exact) mass is 373 g/mol. The number of hydrogen-bond acceptors (Lipinski definition) is 7. The van der Waals surface area contributed by atoms with Crippen LogP contribution in [-0.4, -0.2) is 35.9 Å². The number of phenols is 1. The van der Waals surface area contributed by atoms with Crippen molar-refractivity contribution in [3.63, 3.8) is 0 Å². The van der Waals surface area contributed by atoms with Gasteiger partial charge in [0.1, 0.15) is 5.75 Å². The number of nitro benzene ring substituents is 1. The SMILES string of the molecule is COc1c(O)ccc(/C=N/NC(=O)COc2ccc(C)c(C)c2)c1[N+](=O)[O-]. The molecule has 0 saturated heterocycles. The molecule has 0 aliphatic carbocycles. The fourth-order valence-electron chi connectivity index (χ4n) is 2.23. The number of hydrazone groups is 1. The molecule has 0 atom stereocenters. The fraction of sp³-hybridized carbons (Fsp3) is 0.222. The summed E-state index contributed by atoms with van der Waals surface area (Å²) in [5, 5.41) is 24.5. The maximum atomic E-state index is 11.8. The van der Waals surface area contributed by atoms with Crippen molar-refractivity contribution in [3.05, 3.63) is 57.1 Å². The third kappa shape index (κ3) is 4.94. The van der Waals surface area contributed by atoms with E-state index in [2.05, 4.69) is 10.5 Å². The average molecular weight is 373 g/mol. The first-order valence-corrected chi connectivity index (χ1v) is 7.89. The number of aryl methyl sites for hydroxylation is 2. The summed E-state index contributed by atoms with van der Waals surface area (Å²) in [6.07, 6.45) is 1.09. The van der Waals surface area contributed by atoms with Crippen LogP contribution in [0, 0.1) is 24.0 Å². The number of nitrogens with one attached hydrogen (secondary N) is 1. The van der Waals surface area contributed by atoms with Crippen molar-refractivity contribution in [1.29, 1.82) is 0 Å². The number of methoxy groups -OCH3 is 1. The molecule has 0 aromatic heterocycles. The lowest BCUT2D eigenvalue weighted by atomic mass is 10.1. The zero-order valence-corrected chi connectivity index (χ0v) is 15.1. The number of benzene rings is 2. The number of carbonyl (C=O) groups excluding carboxylic acids is 1. The van der Waals surface area contributed by atoms with Gasteiger partial charge in [-0.25, -0.2) is 5.43 Å². The zero-order chi connectivity index (χ0) is 20.0. The second-order valence-electron chi connectivity index (χ2n) is 5.64. The molecule has 27 heavy (non-hydrogen) atoms. The molecule has 0 aliphatic heterocycles. The van der Waals surface area contributed by atoms with Gasteiger partial charge in [-0.3, -0.25) is 14.9 Å². The maximum absolute atomic E-state index is 11.8. The highest BCUT2D eigenvalue weighted by atomic mass is 16.6. The largest absolute Gasteiger partial charge is 0.504 e. The van der Waals surface area contributed by atoms with Gasteiger partial charge in [0.15, 0.2) is 12.4 Å². The van der Waals surface area contributed by atoms with Crippen LogP contribution in [0.15, 0.2) is 35.4 Å². The van der Waals surface area contributed by atoms with E-state index in [1.54, 1.807) is 6.07 Å². The van der Waals surface area contributed by atoms with Crippen molar-refractivity contribution >= 4 is 17.8 Å². The van der Waals surface area contributed by atoms with Gasteiger partial charge in [0.25, 0.3) is 5.91 Å². The average Bonchev–Trinajstić information content (AvgIpc) is 2.63. The Morgan fingerprint density at radius 3 is 2.67 bits per heavy atom. The van der Waals surface area contributed by atoms with Gasteiger partial charge < -0.3 is 14.6 Å². The van der Waals surface area contributed by atoms with Gasteiger partial charge >= 0.3 is 5.69 Å². The van der Waals surface area contributed by atoms with Crippen molar-refractivity contribution < 1.29 is 24.3 Å². The second-order valence-corrected chi connectivity index (χ2v) is 5.64. The molecule has 0 fully saturated rings. The minimum atomic E-state index is -0.704. The second kappa shape index (κ2) is 8.65. The minimum absolute atomic E-state index is 0.0602. The number of hydrogen-bond donors (Lipinski definition) is 2. The van der Waals surface area contributed by atoms with Gasteiger partial charge in [-0.15, -0.1) is 0 Å². The topological polar surface area (TPSA) is 123 Å². The first-order valence-electron chi connectivity index (χ1n) is 7.89. The smallest absolute Gasteiger partial charge is 0.323 e. The van der Waals surface area contributed by atoms with Gasteiger partial charge in [-0.2, -0.15) is 5.10 Å². The summed E-state index contributed by atoms with van der Waals surface area (Å²) >= 11 is 0. The Morgan fingerprint density at radius 2 is 2.04 bits per heavy atom. The molecule has 2 N–H and O–H groups in total. The minimum Gasteiger partial charge on any atom is -0.504 e. The lowest BCUT2D eigenvalue weighted by Gasteiger charge is -2.07. The molecular weight excluding hydrogens is 354 g/mol. The van der Waals surface area contributed by atoms with Crippen molar-refractivity contribution in [2.75, 3.05) is 13.7 Å². The molecule has 2 aromatic carbocycles. The van der Waals surface area contributed by atoms with Crippen molar-refractivity contribution in [2.45, 2.75) is 13.8 Å². The number of nitrogens with zero attached hydrogens (tertiary/aromatic N) is 2. The summed E-state index contributed by atoms with van der Waals surface area (Å²) < 4.78 is 10.2. The lowest BCUT2D eigenvalue weighted by Crippen LogP contribution is -2.24. The number of nitro groups is 1. The molecule has 0 unspecified atom stereocenters. The molecule has 0 radical (unpaired) electrons. The third-order valence-electron chi connectivity index (χ3n) is 3.77. The molecule has 0 aliphatic rings. The first-order chi connectivity index (χ1) is 12.8. The number of ether oxygens (including phenoxy) is 2. The van der Waals surface area contributed by atoms with Crippen molar-refractivity contribution in [1.82, 2.24) is 5.43 Å². The molecule has 2 aromatic rings. The molecule has 142 valence electrons. The maximum Gasteiger partial charge on any atom is 0.323 e. The molecule has 1 amide bonds. The van der Waals surface area contributed by atoms with Gasteiger partial charge in [-0.05, 0) is 49.2 Å². The fourth-order valence-corrected chi connectivity index (χ4v) is 2.23. The van der Waals surface area contributed by atoms with Crippen LogP contribution < -0.4 is 14.9 Å². The molecule has 0 bridgehead atoms. The third-order valence-corrected chi connectivity index (χ3v) is 3.77. The van der Waals surface area contributed by atoms with E-state index in [4.69, 9.17) is 9.47 Å². The molecule has 9 heteroatoms. The summed E-state index contributed by atoms with van der Waals surface area (Å²) in [6.45, 7) is 3.64. The van der Waals surface area contributed by atoms with Gasteiger partial charge in [0, 0.05) is 0 Å². The van der Waals surface area contributed by atoms with Crippen LogP contribution in [0.3, 0.4) is 0 Å². The van der Waals surface area contributed by atoms with E-state index >= 15 is 0 Å². The van der Waals surface area contributed by atoms with Crippen molar-refractivity contribution in [2.24, 2.45) is 5.10 Å². The number of aromatic hydroxyl groups is 1.